The van der Waals surface area contributed by atoms with Crippen LogP contribution in [0.4, 0.5) is 14.5 Å². The van der Waals surface area contributed by atoms with Crippen molar-refractivity contribution in [2.45, 2.75) is 6.54 Å². The van der Waals surface area contributed by atoms with E-state index in [1.165, 1.54) is 18.2 Å². The van der Waals surface area contributed by atoms with Crippen LogP contribution in [0.25, 0.3) is 5.69 Å². The van der Waals surface area contributed by atoms with Crippen LogP contribution in [0.2, 0.25) is 0 Å². The van der Waals surface area contributed by atoms with Gasteiger partial charge >= 0.3 is 0 Å². The van der Waals surface area contributed by atoms with Crippen molar-refractivity contribution < 1.29 is 8.78 Å². The van der Waals surface area contributed by atoms with E-state index in [0.29, 0.717) is 0 Å². The van der Waals surface area contributed by atoms with E-state index in [4.69, 9.17) is 0 Å². The molecule has 0 aliphatic rings. The molecule has 2 aromatic carbocycles. The number of benzene rings is 2. The maximum absolute atomic E-state index is 13.5. The minimum absolute atomic E-state index is 0.0358. The molecule has 1 heterocycles. The lowest BCUT2D eigenvalue weighted by Gasteiger charge is -2.09. The molecular formula is C16H13F2N3. The van der Waals surface area contributed by atoms with E-state index in [-0.39, 0.29) is 12.1 Å². The van der Waals surface area contributed by atoms with Gasteiger partial charge in [0.15, 0.2) is 0 Å². The SMILES string of the molecule is Fc1cccc(F)c1CNc1ccc(-n2cccn2)cc1. The van der Waals surface area contributed by atoms with E-state index in [1.807, 2.05) is 36.5 Å². The second-order valence-corrected chi connectivity index (χ2v) is 4.55. The zero-order chi connectivity index (χ0) is 14.7. The highest BCUT2D eigenvalue weighted by Gasteiger charge is 2.07. The molecule has 0 aliphatic heterocycles. The van der Waals surface area contributed by atoms with Crippen molar-refractivity contribution in [1.82, 2.24) is 9.78 Å². The number of hydrogen-bond acceptors (Lipinski definition) is 2. The molecule has 1 aromatic heterocycles. The number of hydrogen-bond donors (Lipinski definition) is 1. The first-order valence-electron chi connectivity index (χ1n) is 6.51. The van der Waals surface area contributed by atoms with Gasteiger partial charge in [0.05, 0.1) is 5.69 Å². The summed E-state index contributed by atoms with van der Waals surface area (Å²) in [6.07, 6.45) is 3.55. The van der Waals surface area contributed by atoms with Crippen LogP contribution >= 0.6 is 0 Å². The van der Waals surface area contributed by atoms with Gasteiger partial charge in [-0.1, -0.05) is 6.07 Å². The maximum atomic E-state index is 13.5. The van der Waals surface area contributed by atoms with E-state index >= 15 is 0 Å². The first kappa shape index (κ1) is 13.3. The quantitative estimate of drug-likeness (QED) is 0.791. The first-order valence-corrected chi connectivity index (χ1v) is 6.51. The number of rotatable bonds is 4. The molecular weight excluding hydrogens is 272 g/mol. The van der Waals surface area contributed by atoms with Crippen LogP contribution < -0.4 is 5.32 Å². The summed E-state index contributed by atoms with van der Waals surface area (Å²) in [5.41, 5.74) is 1.74. The van der Waals surface area contributed by atoms with Crippen LogP contribution in [0.1, 0.15) is 5.56 Å². The summed E-state index contributed by atoms with van der Waals surface area (Å²) in [6, 6.07) is 13.1. The lowest BCUT2D eigenvalue weighted by Crippen LogP contribution is -2.04. The van der Waals surface area contributed by atoms with Gasteiger partial charge in [-0.05, 0) is 42.5 Å². The van der Waals surface area contributed by atoms with Gasteiger partial charge in [-0.2, -0.15) is 5.10 Å². The summed E-state index contributed by atoms with van der Waals surface area (Å²) in [5, 5.41) is 7.14. The molecule has 0 atom stereocenters. The average Bonchev–Trinajstić information content (AvgIpc) is 3.02. The topological polar surface area (TPSA) is 29.9 Å². The van der Waals surface area contributed by atoms with Crippen molar-refractivity contribution in [3.63, 3.8) is 0 Å². The van der Waals surface area contributed by atoms with Crippen molar-refractivity contribution in [1.29, 1.82) is 0 Å². The number of aromatic nitrogens is 2. The van der Waals surface area contributed by atoms with Crippen LogP contribution in [0, 0.1) is 11.6 Å². The van der Waals surface area contributed by atoms with Gasteiger partial charge in [0.1, 0.15) is 11.6 Å². The largest absolute Gasteiger partial charge is 0.381 e. The van der Waals surface area contributed by atoms with Gasteiger partial charge in [-0.3, -0.25) is 0 Å². The number of nitrogens with one attached hydrogen (secondary N) is 1. The standard InChI is InChI=1S/C16H13F2N3/c17-15-3-1-4-16(18)14(15)11-19-12-5-7-13(8-6-12)21-10-2-9-20-21/h1-10,19H,11H2. The minimum Gasteiger partial charge on any atom is -0.381 e. The highest BCUT2D eigenvalue weighted by Crippen LogP contribution is 2.16. The van der Waals surface area contributed by atoms with E-state index in [9.17, 15) is 8.78 Å². The third-order valence-electron chi connectivity index (χ3n) is 3.17. The van der Waals surface area contributed by atoms with Crippen LogP contribution in [0.5, 0.6) is 0 Å². The average molecular weight is 285 g/mol. The normalized spacial score (nSPS) is 10.6. The van der Waals surface area contributed by atoms with Crippen molar-refractivity contribution >= 4 is 5.69 Å². The monoisotopic (exact) mass is 285 g/mol. The molecule has 3 nitrogen and oxygen atoms in total. The lowest BCUT2D eigenvalue weighted by molar-refractivity contribution is 0.560. The molecule has 3 aromatic rings. The predicted molar refractivity (Wildman–Crippen MR) is 77.2 cm³/mol. The highest BCUT2D eigenvalue weighted by molar-refractivity contribution is 5.48. The fourth-order valence-corrected chi connectivity index (χ4v) is 2.05. The molecule has 21 heavy (non-hydrogen) atoms. The zero-order valence-corrected chi connectivity index (χ0v) is 11.1. The number of nitrogens with zero attached hydrogens (tertiary/aromatic N) is 2. The van der Waals surface area contributed by atoms with Gasteiger partial charge in [0, 0.05) is 30.2 Å². The van der Waals surface area contributed by atoms with Crippen molar-refractivity contribution in [2.75, 3.05) is 5.32 Å². The molecule has 0 saturated carbocycles. The molecule has 0 amide bonds. The molecule has 0 aliphatic carbocycles. The Kier molecular flexibility index (Phi) is 3.64. The highest BCUT2D eigenvalue weighted by atomic mass is 19.1. The van der Waals surface area contributed by atoms with Crippen LogP contribution in [0.15, 0.2) is 60.9 Å². The summed E-state index contributed by atoms with van der Waals surface area (Å²) in [7, 11) is 0. The van der Waals surface area contributed by atoms with Gasteiger partial charge < -0.3 is 5.32 Å². The third kappa shape index (κ3) is 2.91. The van der Waals surface area contributed by atoms with Crippen LogP contribution in [0.3, 0.4) is 0 Å². The summed E-state index contributed by atoms with van der Waals surface area (Å²) in [5.74, 6) is -1.09. The third-order valence-corrected chi connectivity index (χ3v) is 3.17. The molecule has 0 radical (unpaired) electrons. The summed E-state index contributed by atoms with van der Waals surface area (Å²) < 4.78 is 28.8. The van der Waals surface area contributed by atoms with Gasteiger partial charge in [-0.15, -0.1) is 0 Å². The van der Waals surface area contributed by atoms with E-state index < -0.39 is 11.6 Å². The molecule has 0 fully saturated rings. The van der Waals surface area contributed by atoms with Crippen LogP contribution in [-0.4, -0.2) is 9.78 Å². The maximum Gasteiger partial charge on any atom is 0.131 e. The summed E-state index contributed by atoms with van der Waals surface area (Å²) >= 11 is 0. The molecule has 1 N–H and O–H groups in total. The first-order chi connectivity index (χ1) is 10.2. The molecule has 0 spiro atoms. The Morgan fingerprint density at radius 2 is 1.67 bits per heavy atom. The molecule has 5 heteroatoms. The van der Waals surface area contributed by atoms with Gasteiger partial charge in [0.25, 0.3) is 0 Å². The molecule has 0 saturated heterocycles. The second-order valence-electron chi connectivity index (χ2n) is 4.55. The molecule has 0 bridgehead atoms. The second kappa shape index (κ2) is 5.75. The van der Waals surface area contributed by atoms with Crippen molar-refractivity contribution in [2.24, 2.45) is 0 Å². The Hall–Kier alpha value is -2.69. The number of anilines is 1. The lowest BCUT2D eigenvalue weighted by atomic mass is 10.2. The van der Waals surface area contributed by atoms with E-state index in [0.717, 1.165) is 11.4 Å². The Labute approximate surface area is 120 Å². The Morgan fingerprint density at radius 1 is 0.952 bits per heavy atom. The fourth-order valence-electron chi connectivity index (χ4n) is 2.05. The Bertz CT molecular complexity index is 702. The Morgan fingerprint density at radius 3 is 2.29 bits per heavy atom. The summed E-state index contributed by atoms with van der Waals surface area (Å²) in [6.45, 7) is 0.0968. The molecule has 3 rings (SSSR count). The van der Waals surface area contributed by atoms with Crippen LogP contribution in [-0.2, 0) is 6.54 Å². The fraction of sp³-hybridized carbons (Fsp3) is 0.0625. The van der Waals surface area contributed by atoms with Crippen molar-refractivity contribution in [3.8, 4) is 5.69 Å². The number of halogens is 2. The predicted octanol–water partition coefficient (Wildman–Crippen LogP) is 3.76. The van der Waals surface area contributed by atoms with Gasteiger partial charge in [-0.25, -0.2) is 13.5 Å². The summed E-state index contributed by atoms with van der Waals surface area (Å²) in [4.78, 5) is 0. The Balaban J connectivity index is 1.71. The zero-order valence-electron chi connectivity index (χ0n) is 11.1. The smallest absolute Gasteiger partial charge is 0.131 e. The minimum atomic E-state index is -0.546. The van der Waals surface area contributed by atoms with Gasteiger partial charge in [0.2, 0.25) is 0 Å². The molecule has 106 valence electrons. The van der Waals surface area contributed by atoms with Crippen molar-refractivity contribution in [3.05, 3.63) is 78.1 Å². The van der Waals surface area contributed by atoms with E-state index in [1.54, 1.807) is 10.9 Å². The van der Waals surface area contributed by atoms with E-state index in [2.05, 4.69) is 10.4 Å². The molecule has 0 unspecified atom stereocenters.